The largest absolute Gasteiger partial charge is 0.308 e. The van der Waals surface area contributed by atoms with Crippen LogP contribution < -0.4 is 0 Å². The van der Waals surface area contributed by atoms with Gasteiger partial charge in [-0.2, -0.15) is 0 Å². The molecular weight excluding hydrogens is 251 g/mol. The van der Waals surface area contributed by atoms with Crippen molar-refractivity contribution in [1.82, 2.24) is 0 Å². The Morgan fingerprint density at radius 3 is 3.05 bits per heavy atom. The van der Waals surface area contributed by atoms with Gasteiger partial charge >= 0.3 is 0 Å². The third-order valence-corrected chi connectivity index (χ3v) is 3.30. The lowest BCUT2D eigenvalue weighted by Gasteiger charge is -2.20. The summed E-state index contributed by atoms with van der Waals surface area (Å²) in [6.45, 7) is 6.21. The van der Waals surface area contributed by atoms with Crippen LogP contribution in [0, 0.1) is 17.8 Å². The van der Waals surface area contributed by atoms with Gasteiger partial charge in [-0.1, -0.05) is 57.3 Å². The second kappa shape index (κ2) is 13.8. The second-order valence-corrected chi connectivity index (χ2v) is 5.22. The SMILES string of the molecule is [2H]B([3H])CSO[C@@H](/C=C\C=C\C#CC)[C@@H](C)CCCCC. The van der Waals surface area contributed by atoms with Gasteiger partial charge in [0.05, 0.1) is 6.10 Å². The minimum atomic E-state index is -0.838. The molecule has 19 heavy (non-hydrogen) atoms. The molecule has 0 spiro atoms. The fraction of sp³-hybridized carbons (Fsp3) is 0.625. The highest BCUT2D eigenvalue weighted by Gasteiger charge is 2.14. The summed E-state index contributed by atoms with van der Waals surface area (Å²) < 4.78 is 20.2. The quantitative estimate of drug-likeness (QED) is 0.186. The lowest BCUT2D eigenvalue weighted by atomic mass is 9.97. The molecular formula is C16H27BOS. The van der Waals surface area contributed by atoms with Gasteiger partial charge in [0.1, 0.15) is 7.77 Å². The van der Waals surface area contributed by atoms with Gasteiger partial charge < -0.3 is 4.18 Å². The second-order valence-electron chi connectivity index (χ2n) is 4.46. The maximum absolute atomic E-state index is 7.20. The summed E-state index contributed by atoms with van der Waals surface area (Å²) in [5, 5.41) is 0. The van der Waals surface area contributed by atoms with Gasteiger partial charge in [0.25, 0.3) is 0 Å². The predicted molar refractivity (Wildman–Crippen MR) is 90.9 cm³/mol. The Morgan fingerprint density at radius 1 is 1.53 bits per heavy atom. The molecule has 0 rings (SSSR count). The van der Waals surface area contributed by atoms with Crippen molar-refractivity contribution < 1.29 is 4.18 Å². The Hall–Kier alpha value is -0.585. The summed E-state index contributed by atoms with van der Waals surface area (Å²) in [6, 6.07) is 0. The molecule has 0 amide bonds. The number of allylic oxidation sites excluding steroid dienone is 3. The van der Waals surface area contributed by atoms with Crippen LogP contribution in [0.4, 0.5) is 0 Å². The number of unbranched alkanes of at least 4 members (excludes halogenated alkanes) is 2. The first kappa shape index (κ1) is 14.8. The zero-order chi connectivity index (χ0) is 15.9. The van der Waals surface area contributed by atoms with Crippen molar-refractivity contribution in [3.05, 3.63) is 24.3 Å². The normalized spacial score (nSPS) is 15.7. The molecule has 0 unspecified atom stereocenters. The summed E-state index contributed by atoms with van der Waals surface area (Å²) in [6.07, 6.45) is 12.6. The maximum Gasteiger partial charge on any atom is 0.117 e. The number of hydrogen-bond donors (Lipinski definition) is 0. The maximum atomic E-state index is 7.20. The molecule has 0 aromatic heterocycles. The zero-order valence-corrected chi connectivity index (χ0v) is 13.2. The molecule has 0 aromatic carbocycles. The van der Waals surface area contributed by atoms with E-state index in [1.807, 2.05) is 31.2 Å². The van der Waals surface area contributed by atoms with E-state index in [0.29, 0.717) is 11.6 Å². The lowest BCUT2D eigenvalue weighted by Crippen LogP contribution is -2.17. The predicted octanol–water partition coefficient (Wildman–Crippen LogP) is 3.96. The van der Waals surface area contributed by atoms with Crippen molar-refractivity contribution in [3.63, 3.8) is 0 Å². The molecule has 106 valence electrons. The highest BCUT2D eigenvalue weighted by molar-refractivity contribution is 7.95. The van der Waals surface area contributed by atoms with Crippen molar-refractivity contribution in [1.29, 1.82) is 2.67 Å². The van der Waals surface area contributed by atoms with E-state index in [2.05, 4.69) is 25.7 Å². The molecule has 2 atom stereocenters. The third-order valence-electron chi connectivity index (χ3n) is 2.81. The first-order valence-electron chi connectivity index (χ1n) is 8.15. The Kier molecular flexibility index (Phi) is 10.8. The van der Waals surface area contributed by atoms with E-state index in [1.165, 1.54) is 31.3 Å². The van der Waals surface area contributed by atoms with Gasteiger partial charge in [-0.25, -0.2) is 0 Å². The van der Waals surface area contributed by atoms with Crippen molar-refractivity contribution in [2.45, 2.75) is 52.6 Å². The molecule has 0 saturated heterocycles. The van der Waals surface area contributed by atoms with E-state index in [-0.39, 0.29) is 6.10 Å². The van der Waals surface area contributed by atoms with E-state index in [4.69, 9.17) is 6.85 Å². The lowest BCUT2D eigenvalue weighted by molar-refractivity contribution is 0.212. The van der Waals surface area contributed by atoms with Crippen molar-refractivity contribution in [3.8, 4) is 11.8 Å². The standard InChI is InChI=1S/C16H27BOS/c1-4-6-8-9-11-13-16(18-19-14-17)15(3)12-10-7-5-2/h8-9,11,13,15-16H,5,7,10,12,14,17H2,1-3H3/b9-8+,13-11-/t15-,16-/m0/s1/i17TD. The number of hydrogen-bond acceptors (Lipinski definition) is 2. The van der Waals surface area contributed by atoms with Crippen LogP contribution in [0.5, 0.6) is 0 Å². The molecule has 0 aromatic rings. The highest BCUT2D eigenvalue weighted by atomic mass is 32.2. The first-order valence-corrected chi connectivity index (χ1v) is 7.91. The average molecular weight is 281 g/mol. The molecule has 3 heteroatoms. The first-order chi connectivity index (χ1) is 10.1. The Bertz CT molecular complexity index is 361. The van der Waals surface area contributed by atoms with Crippen LogP contribution in [0.25, 0.3) is 0 Å². The molecule has 0 aliphatic heterocycles. The molecule has 0 aliphatic carbocycles. The van der Waals surface area contributed by atoms with E-state index >= 15 is 0 Å². The molecule has 0 heterocycles. The van der Waals surface area contributed by atoms with Gasteiger partial charge in [-0.15, -0.1) is 5.92 Å². The van der Waals surface area contributed by atoms with Crippen LogP contribution in [0.15, 0.2) is 24.3 Å². The molecule has 0 N–H and O–H groups in total. The van der Waals surface area contributed by atoms with Crippen molar-refractivity contribution >= 4 is 19.8 Å². The smallest absolute Gasteiger partial charge is 0.117 e. The van der Waals surface area contributed by atoms with Gasteiger partial charge in [0, 0.05) is 0 Å². The van der Waals surface area contributed by atoms with Crippen molar-refractivity contribution in [2.75, 3.05) is 5.65 Å². The molecule has 1 nitrogen and oxygen atoms in total. The fourth-order valence-electron chi connectivity index (χ4n) is 1.68. The third kappa shape index (κ3) is 11.0. The molecule has 0 fully saturated rings. The van der Waals surface area contributed by atoms with Gasteiger partial charge in [-0.05, 0) is 45.7 Å². The van der Waals surface area contributed by atoms with Crippen LogP contribution in [0.2, 0.25) is 0 Å². The van der Waals surface area contributed by atoms with Gasteiger partial charge in [0.2, 0.25) is 0 Å². The molecule has 0 radical (unpaired) electrons. The number of rotatable bonds is 11. The monoisotopic (exact) mass is 281 g/mol. The summed E-state index contributed by atoms with van der Waals surface area (Å²) in [5.74, 6) is 6.12. The Balaban J connectivity index is 4.39. The summed E-state index contributed by atoms with van der Waals surface area (Å²) >= 11 is 1.23. The van der Waals surface area contributed by atoms with E-state index in [9.17, 15) is 0 Å². The summed E-state index contributed by atoms with van der Waals surface area (Å²) in [4.78, 5) is 0. The fourth-order valence-corrected chi connectivity index (χ4v) is 2.17. The van der Waals surface area contributed by atoms with Crippen LogP contribution in [0.1, 0.15) is 46.5 Å². The van der Waals surface area contributed by atoms with E-state index in [0.717, 1.165) is 6.42 Å². The summed E-state index contributed by atoms with van der Waals surface area (Å²) in [5.41, 5.74) is 0.378. The van der Waals surface area contributed by atoms with Crippen LogP contribution in [0.3, 0.4) is 0 Å². The molecule has 0 bridgehead atoms. The minimum absolute atomic E-state index is 0.0184. The van der Waals surface area contributed by atoms with Crippen LogP contribution >= 0.6 is 12.0 Å². The topological polar surface area (TPSA) is 9.23 Å². The minimum Gasteiger partial charge on any atom is -0.308 e. The van der Waals surface area contributed by atoms with Crippen LogP contribution in [-0.4, -0.2) is 22.2 Å². The van der Waals surface area contributed by atoms with Gasteiger partial charge in [-0.3, -0.25) is 0 Å². The van der Waals surface area contributed by atoms with E-state index in [1.54, 1.807) is 0 Å². The zero-order valence-electron chi connectivity index (χ0n) is 14.4. The van der Waals surface area contributed by atoms with E-state index < -0.39 is 7.77 Å². The Labute approximate surface area is 127 Å². The average Bonchev–Trinajstić information content (AvgIpc) is 2.45. The van der Waals surface area contributed by atoms with Crippen molar-refractivity contribution in [2.24, 2.45) is 5.92 Å². The summed E-state index contributed by atoms with van der Waals surface area (Å²) in [7, 11) is -0.838. The molecule has 0 saturated carbocycles. The Morgan fingerprint density at radius 2 is 2.37 bits per heavy atom. The highest BCUT2D eigenvalue weighted by Crippen LogP contribution is 2.21. The van der Waals surface area contributed by atoms with Crippen LogP contribution in [-0.2, 0) is 4.18 Å². The van der Waals surface area contributed by atoms with Gasteiger partial charge in [0.15, 0.2) is 0 Å². The molecule has 0 aliphatic rings.